The summed E-state index contributed by atoms with van der Waals surface area (Å²) in [4.78, 5) is 39.3. The summed E-state index contributed by atoms with van der Waals surface area (Å²) in [5.41, 5.74) is 3.59. The van der Waals surface area contributed by atoms with E-state index in [-0.39, 0.29) is 17.4 Å². The topological polar surface area (TPSA) is 96.5 Å². The van der Waals surface area contributed by atoms with Gasteiger partial charge in [-0.25, -0.2) is 0 Å². The number of thioether (sulfide) groups is 1. The van der Waals surface area contributed by atoms with Crippen LogP contribution in [0.25, 0.3) is 6.08 Å². The van der Waals surface area contributed by atoms with E-state index >= 15 is 0 Å². The summed E-state index contributed by atoms with van der Waals surface area (Å²) in [5, 5.41) is 8.49. The number of hydrogen-bond acceptors (Lipinski definition) is 5. The van der Waals surface area contributed by atoms with Crippen LogP contribution in [0.3, 0.4) is 0 Å². The van der Waals surface area contributed by atoms with Crippen molar-refractivity contribution in [2.24, 2.45) is 0 Å². The molecule has 0 aliphatic heterocycles. The first-order valence-electron chi connectivity index (χ1n) is 12.5. The standard InChI is InChI=1S/C32H29N3O4S/c1-22-8-6-7-11-28(22)34-30(36)21-40-27-18-14-25(15-19-27)33-32(38)29(20-23-12-16-26(39-2)17-13-23)35-31(37)24-9-4-3-5-10-24/h3-20H,21H2,1-2H3,(H,33,38)(H,34,36)(H,35,37)/b29-20-. The van der Waals surface area contributed by atoms with Crippen molar-refractivity contribution in [1.82, 2.24) is 5.32 Å². The molecule has 0 unspecified atom stereocenters. The van der Waals surface area contributed by atoms with Gasteiger partial charge in [0.2, 0.25) is 5.91 Å². The van der Waals surface area contributed by atoms with Crippen molar-refractivity contribution >= 4 is 46.9 Å². The smallest absolute Gasteiger partial charge is 0.272 e. The number of anilines is 2. The summed E-state index contributed by atoms with van der Waals surface area (Å²) >= 11 is 1.39. The molecule has 0 aromatic heterocycles. The van der Waals surface area contributed by atoms with Gasteiger partial charge in [-0.2, -0.15) is 0 Å². The summed E-state index contributed by atoms with van der Waals surface area (Å²) < 4.78 is 5.20. The molecule has 0 atom stereocenters. The first-order valence-corrected chi connectivity index (χ1v) is 13.5. The Hall–Kier alpha value is -4.82. The third-order valence-corrected chi connectivity index (χ3v) is 6.87. The fourth-order valence-electron chi connectivity index (χ4n) is 3.69. The van der Waals surface area contributed by atoms with Crippen molar-refractivity contribution in [2.75, 3.05) is 23.5 Å². The summed E-state index contributed by atoms with van der Waals surface area (Å²) in [5.74, 6) is -0.0362. The van der Waals surface area contributed by atoms with Crippen LogP contribution >= 0.6 is 11.8 Å². The summed E-state index contributed by atoms with van der Waals surface area (Å²) in [6.45, 7) is 1.94. The Morgan fingerprint density at radius 2 is 1.48 bits per heavy atom. The van der Waals surface area contributed by atoms with E-state index in [1.165, 1.54) is 11.8 Å². The molecule has 0 saturated carbocycles. The molecule has 8 heteroatoms. The highest BCUT2D eigenvalue weighted by Gasteiger charge is 2.15. The number of ether oxygens (including phenoxy) is 1. The maximum atomic E-state index is 13.2. The average molecular weight is 552 g/mol. The quantitative estimate of drug-likeness (QED) is 0.162. The Morgan fingerprint density at radius 3 is 2.15 bits per heavy atom. The molecular weight excluding hydrogens is 522 g/mol. The van der Waals surface area contributed by atoms with Gasteiger partial charge in [0, 0.05) is 21.8 Å². The van der Waals surface area contributed by atoms with E-state index in [2.05, 4.69) is 16.0 Å². The summed E-state index contributed by atoms with van der Waals surface area (Å²) in [7, 11) is 1.58. The van der Waals surface area contributed by atoms with Gasteiger partial charge in [0.15, 0.2) is 0 Å². The molecule has 0 bridgehead atoms. The van der Waals surface area contributed by atoms with E-state index in [0.717, 1.165) is 21.7 Å². The molecule has 0 spiro atoms. The molecule has 0 aliphatic carbocycles. The number of nitrogens with one attached hydrogen (secondary N) is 3. The van der Waals surface area contributed by atoms with Crippen LogP contribution in [-0.2, 0) is 9.59 Å². The SMILES string of the molecule is COc1ccc(/C=C(\NC(=O)c2ccccc2)C(=O)Nc2ccc(SCC(=O)Nc3ccccc3C)cc2)cc1. The first-order chi connectivity index (χ1) is 19.4. The van der Waals surface area contributed by atoms with Crippen LogP contribution in [0.4, 0.5) is 11.4 Å². The molecule has 40 heavy (non-hydrogen) atoms. The number of rotatable bonds is 10. The Kier molecular flexibility index (Phi) is 9.74. The Bertz CT molecular complexity index is 1500. The van der Waals surface area contributed by atoms with Gasteiger partial charge in [0.05, 0.1) is 12.9 Å². The van der Waals surface area contributed by atoms with Crippen LogP contribution in [0.5, 0.6) is 5.75 Å². The number of amides is 3. The second-order valence-corrected chi connectivity index (χ2v) is 9.83. The molecule has 3 N–H and O–H groups in total. The van der Waals surface area contributed by atoms with Crippen LogP contribution in [0.1, 0.15) is 21.5 Å². The predicted octanol–water partition coefficient (Wildman–Crippen LogP) is 6.14. The first kappa shape index (κ1) is 28.2. The second kappa shape index (κ2) is 13.8. The van der Waals surface area contributed by atoms with Gasteiger partial charge >= 0.3 is 0 Å². The fraction of sp³-hybridized carbons (Fsp3) is 0.0938. The minimum absolute atomic E-state index is 0.0883. The lowest BCUT2D eigenvalue weighted by molar-refractivity contribution is -0.114. The van der Waals surface area contributed by atoms with Crippen LogP contribution in [0.15, 0.2) is 114 Å². The zero-order valence-electron chi connectivity index (χ0n) is 22.1. The number of aryl methyl sites for hydroxylation is 1. The number of para-hydroxylation sites is 1. The zero-order valence-corrected chi connectivity index (χ0v) is 23.0. The van der Waals surface area contributed by atoms with Gasteiger partial charge in [-0.1, -0.05) is 48.5 Å². The number of methoxy groups -OCH3 is 1. The van der Waals surface area contributed by atoms with E-state index < -0.39 is 11.8 Å². The van der Waals surface area contributed by atoms with Crippen molar-refractivity contribution in [3.05, 3.63) is 126 Å². The summed E-state index contributed by atoms with van der Waals surface area (Å²) in [6.07, 6.45) is 1.60. The van der Waals surface area contributed by atoms with Crippen molar-refractivity contribution < 1.29 is 19.1 Å². The number of carbonyl (C=O) groups is 3. The van der Waals surface area contributed by atoms with E-state index in [1.54, 1.807) is 73.8 Å². The molecule has 0 fully saturated rings. The lowest BCUT2D eigenvalue weighted by Gasteiger charge is -2.12. The molecule has 202 valence electrons. The van der Waals surface area contributed by atoms with E-state index in [9.17, 15) is 14.4 Å². The molecule has 4 aromatic rings. The average Bonchev–Trinajstić information content (AvgIpc) is 2.98. The molecule has 7 nitrogen and oxygen atoms in total. The molecule has 0 heterocycles. The molecular formula is C32H29N3O4S. The third kappa shape index (κ3) is 8.09. The van der Waals surface area contributed by atoms with Crippen LogP contribution in [0.2, 0.25) is 0 Å². The van der Waals surface area contributed by atoms with Crippen LogP contribution in [-0.4, -0.2) is 30.6 Å². The Labute approximate surface area is 237 Å². The Morgan fingerprint density at radius 1 is 0.800 bits per heavy atom. The van der Waals surface area contributed by atoms with Gasteiger partial charge in [-0.15, -0.1) is 11.8 Å². The van der Waals surface area contributed by atoms with E-state index in [4.69, 9.17) is 4.74 Å². The molecule has 4 rings (SSSR count). The van der Waals surface area contributed by atoms with Crippen molar-refractivity contribution in [3.8, 4) is 5.75 Å². The summed E-state index contributed by atoms with van der Waals surface area (Å²) in [6, 6.07) is 30.6. The molecule has 0 radical (unpaired) electrons. The van der Waals surface area contributed by atoms with Gasteiger partial charge < -0.3 is 20.7 Å². The van der Waals surface area contributed by atoms with Gasteiger partial charge in [0.25, 0.3) is 11.8 Å². The van der Waals surface area contributed by atoms with Gasteiger partial charge in [-0.05, 0) is 78.7 Å². The molecule has 3 amide bonds. The number of benzene rings is 4. The zero-order chi connectivity index (χ0) is 28.3. The number of carbonyl (C=O) groups excluding carboxylic acids is 3. The predicted molar refractivity (Wildman–Crippen MR) is 160 cm³/mol. The highest BCUT2D eigenvalue weighted by atomic mass is 32.2. The largest absolute Gasteiger partial charge is 0.497 e. The second-order valence-electron chi connectivity index (χ2n) is 8.78. The van der Waals surface area contributed by atoms with E-state index in [0.29, 0.717) is 17.0 Å². The van der Waals surface area contributed by atoms with Crippen LogP contribution in [0, 0.1) is 6.92 Å². The minimum atomic E-state index is -0.474. The highest BCUT2D eigenvalue weighted by Crippen LogP contribution is 2.22. The lowest BCUT2D eigenvalue weighted by atomic mass is 10.1. The maximum Gasteiger partial charge on any atom is 0.272 e. The maximum absolute atomic E-state index is 13.2. The molecule has 4 aromatic carbocycles. The third-order valence-electron chi connectivity index (χ3n) is 5.86. The molecule has 0 saturated heterocycles. The van der Waals surface area contributed by atoms with Crippen molar-refractivity contribution in [3.63, 3.8) is 0 Å². The van der Waals surface area contributed by atoms with E-state index in [1.807, 2.05) is 49.4 Å². The van der Waals surface area contributed by atoms with Gasteiger partial charge in [-0.3, -0.25) is 14.4 Å². The van der Waals surface area contributed by atoms with Crippen molar-refractivity contribution in [1.29, 1.82) is 0 Å². The van der Waals surface area contributed by atoms with Crippen molar-refractivity contribution in [2.45, 2.75) is 11.8 Å². The highest BCUT2D eigenvalue weighted by molar-refractivity contribution is 8.00. The normalized spacial score (nSPS) is 10.9. The monoisotopic (exact) mass is 551 g/mol. The fourth-order valence-corrected chi connectivity index (χ4v) is 4.39. The lowest BCUT2D eigenvalue weighted by Crippen LogP contribution is -2.30. The van der Waals surface area contributed by atoms with Crippen LogP contribution < -0.4 is 20.7 Å². The Balaban J connectivity index is 1.41. The van der Waals surface area contributed by atoms with Gasteiger partial charge in [0.1, 0.15) is 11.4 Å². The minimum Gasteiger partial charge on any atom is -0.497 e. The number of hydrogen-bond donors (Lipinski definition) is 3. The molecule has 0 aliphatic rings.